The van der Waals surface area contributed by atoms with Crippen LogP contribution in [0.15, 0.2) is 17.0 Å². The van der Waals surface area contributed by atoms with E-state index in [2.05, 4.69) is 4.90 Å². The Labute approximate surface area is 206 Å². The summed E-state index contributed by atoms with van der Waals surface area (Å²) in [5.74, 6) is 1.93. The van der Waals surface area contributed by atoms with Gasteiger partial charge in [-0.15, -0.1) is 0 Å². The minimum atomic E-state index is -3.69. The fourth-order valence-electron chi connectivity index (χ4n) is 5.71. The van der Waals surface area contributed by atoms with Gasteiger partial charge in [0.2, 0.25) is 15.9 Å². The second-order valence-corrected chi connectivity index (χ2v) is 12.3. The van der Waals surface area contributed by atoms with Crippen LogP contribution in [-0.2, 0) is 14.8 Å². The van der Waals surface area contributed by atoms with Crippen LogP contribution in [0.2, 0.25) is 0 Å². The highest BCUT2D eigenvalue weighted by Gasteiger charge is 2.28. The average molecular weight is 494 g/mol. The smallest absolute Gasteiger partial charge is 0.243 e. The molecule has 34 heavy (non-hydrogen) atoms. The van der Waals surface area contributed by atoms with Gasteiger partial charge in [-0.3, -0.25) is 4.79 Å². The minimum absolute atomic E-state index is 0.00638. The van der Waals surface area contributed by atoms with Crippen LogP contribution in [0.25, 0.3) is 0 Å². The van der Waals surface area contributed by atoms with Crippen LogP contribution in [0.5, 0.6) is 5.75 Å². The Kier molecular flexibility index (Phi) is 9.41. The van der Waals surface area contributed by atoms with Crippen LogP contribution in [0, 0.1) is 25.7 Å². The highest BCUT2D eigenvalue weighted by molar-refractivity contribution is 7.89. The van der Waals surface area contributed by atoms with Gasteiger partial charge < -0.3 is 14.5 Å². The van der Waals surface area contributed by atoms with Gasteiger partial charge in [-0.2, -0.15) is 0 Å². The quantitative estimate of drug-likeness (QED) is 0.497. The first-order chi connectivity index (χ1) is 16.1. The van der Waals surface area contributed by atoms with Crippen LogP contribution in [0.3, 0.4) is 0 Å². The molecule has 0 aromatic heterocycles. The first-order valence-corrected chi connectivity index (χ1v) is 14.1. The molecule has 0 radical (unpaired) electrons. The Morgan fingerprint density at radius 1 is 1.06 bits per heavy atom. The fraction of sp³-hybridized carbons (Fsp3) is 0.731. The van der Waals surface area contributed by atoms with E-state index in [0.717, 1.165) is 12.5 Å². The molecule has 1 amide bonds. The number of nitrogens with zero attached hydrogens (tertiary/aromatic N) is 3. The summed E-state index contributed by atoms with van der Waals surface area (Å²) in [5, 5.41) is 0. The van der Waals surface area contributed by atoms with E-state index in [-0.39, 0.29) is 18.9 Å². The molecule has 2 unspecified atom stereocenters. The number of likely N-dealkylation sites (tertiary alicyclic amines) is 1. The molecule has 2 aliphatic rings. The lowest BCUT2D eigenvalue weighted by atomic mass is 9.81. The number of methoxy groups -OCH3 is 1. The first-order valence-electron chi connectivity index (χ1n) is 12.7. The van der Waals surface area contributed by atoms with Gasteiger partial charge in [-0.1, -0.05) is 6.42 Å². The van der Waals surface area contributed by atoms with Crippen LogP contribution >= 0.6 is 0 Å². The van der Waals surface area contributed by atoms with Gasteiger partial charge >= 0.3 is 0 Å². The molecule has 2 fully saturated rings. The number of carbonyl (C=O) groups excluding carboxylic acids is 1. The van der Waals surface area contributed by atoms with Crippen LogP contribution < -0.4 is 4.74 Å². The van der Waals surface area contributed by atoms with E-state index < -0.39 is 10.0 Å². The van der Waals surface area contributed by atoms with Crippen molar-refractivity contribution in [2.45, 2.75) is 63.7 Å². The third-order valence-electron chi connectivity index (χ3n) is 7.54. The topological polar surface area (TPSA) is 70.2 Å². The van der Waals surface area contributed by atoms with E-state index in [9.17, 15) is 13.2 Å². The number of carbonyl (C=O) groups is 1. The summed E-state index contributed by atoms with van der Waals surface area (Å²) >= 11 is 0. The molecular formula is C26H43N3O4S. The highest BCUT2D eigenvalue weighted by Crippen LogP contribution is 2.31. The summed E-state index contributed by atoms with van der Waals surface area (Å²) in [6.45, 7) is 8.17. The van der Waals surface area contributed by atoms with Crippen molar-refractivity contribution in [2.24, 2.45) is 11.8 Å². The zero-order chi connectivity index (χ0) is 24.9. The van der Waals surface area contributed by atoms with Crippen molar-refractivity contribution >= 4 is 15.9 Å². The Hall–Kier alpha value is -1.64. The van der Waals surface area contributed by atoms with Gasteiger partial charge in [-0.05, 0) is 94.1 Å². The van der Waals surface area contributed by atoms with Crippen LogP contribution in [0.4, 0.5) is 0 Å². The Morgan fingerprint density at radius 2 is 1.68 bits per heavy atom. The fourth-order valence-corrected chi connectivity index (χ4v) is 7.28. The van der Waals surface area contributed by atoms with Gasteiger partial charge in [0, 0.05) is 40.2 Å². The minimum Gasteiger partial charge on any atom is -0.497 e. The maximum atomic E-state index is 13.2. The first kappa shape index (κ1) is 27.0. The lowest BCUT2D eigenvalue weighted by Crippen LogP contribution is -2.38. The standard InChI is InChI=1S/C26H43N3O4S/c1-20-15-24(33-5)16-21(2)26(20)34(31,32)28(4)14-11-25(30)27(3)18-22-9-8-10-23(17-22)19-29-12-6-7-13-29/h15-16,22-23H,6-14,17-19H2,1-5H3. The van der Waals surface area contributed by atoms with Crippen molar-refractivity contribution in [3.05, 3.63) is 23.3 Å². The normalized spacial score (nSPS) is 21.7. The predicted octanol–water partition coefficient (Wildman–Crippen LogP) is 3.68. The van der Waals surface area contributed by atoms with Crippen LogP contribution in [0.1, 0.15) is 56.1 Å². The van der Waals surface area contributed by atoms with Crippen molar-refractivity contribution in [1.82, 2.24) is 14.1 Å². The predicted molar refractivity (Wildman–Crippen MR) is 136 cm³/mol. The second-order valence-electron chi connectivity index (χ2n) is 10.3. The molecule has 1 aromatic rings. The molecule has 1 heterocycles. The van der Waals surface area contributed by atoms with E-state index in [1.54, 1.807) is 40.1 Å². The molecule has 0 spiro atoms. The Bertz CT molecular complexity index is 920. The summed E-state index contributed by atoms with van der Waals surface area (Å²) in [6, 6.07) is 3.46. The van der Waals surface area contributed by atoms with E-state index >= 15 is 0 Å². The van der Waals surface area contributed by atoms with E-state index in [4.69, 9.17) is 4.74 Å². The third-order valence-corrected chi connectivity index (χ3v) is 9.71. The summed E-state index contributed by atoms with van der Waals surface area (Å²) < 4.78 is 33.0. The van der Waals surface area contributed by atoms with Crippen LogP contribution in [-0.4, -0.2) is 82.4 Å². The molecule has 1 aliphatic heterocycles. The molecule has 0 bridgehead atoms. The molecule has 2 atom stereocenters. The van der Waals surface area contributed by atoms with E-state index in [1.807, 2.05) is 11.9 Å². The summed E-state index contributed by atoms with van der Waals surface area (Å²) in [7, 11) is 1.29. The molecule has 0 N–H and O–H groups in total. The number of sulfonamides is 1. The number of ether oxygens (including phenoxy) is 1. The van der Waals surface area contributed by atoms with Gasteiger partial charge in [0.1, 0.15) is 5.75 Å². The number of amides is 1. The summed E-state index contributed by atoms with van der Waals surface area (Å²) in [6.07, 6.45) is 7.76. The molecular weight excluding hydrogens is 450 g/mol. The summed E-state index contributed by atoms with van der Waals surface area (Å²) in [5.41, 5.74) is 1.29. The SMILES string of the molecule is COc1cc(C)c(S(=O)(=O)N(C)CCC(=O)N(C)CC2CCCC(CN3CCCC3)C2)c(C)c1. The molecule has 1 aliphatic carbocycles. The van der Waals surface area contributed by atoms with Crippen molar-refractivity contribution in [1.29, 1.82) is 0 Å². The van der Waals surface area contributed by atoms with Gasteiger partial charge in [-0.25, -0.2) is 12.7 Å². The number of hydrogen-bond donors (Lipinski definition) is 0. The lowest BCUT2D eigenvalue weighted by Gasteiger charge is -2.34. The Morgan fingerprint density at radius 3 is 2.29 bits per heavy atom. The molecule has 192 valence electrons. The van der Waals surface area contributed by atoms with Crippen molar-refractivity contribution in [2.75, 3.05) is 53.9 Å². The lowest BCUT2D eigenvalue weighted by molar-refractivity contribution is -0.130. The molecule has 1 saturated heterocycles. The maximum Gasteiger partial charge on any atom is 0.243 e. The molecule has 8 heteroatoms. The van der Waals surface area contributed by atoms with Gasteiger partial charge in [0.15, 0.2) is 0 Å². The number of benzene rings is 1. The molecule has 1 saturated carbocycles. The van der Waals surface area contributed by atoms with Crippen molar-refractivity contribution in [3.63, 3.8) is 0 Å². The molecule has 7 nitrogen and oxygen atoms in total. The zero-order valence-corrected chi connectivity index (χ0v) is 22.5. The van der Waals surface area contributed by atoms with Crippen molar-refractivity contribution in [3.8, 4) is 5.75 Å². The monoisotopic (exact) mass is 493 g/mol. The second kappa shape index (κ2) is 11.9. The van der Waals surface area contributed by atoms with Gasteiger partial charge in [0.05, 0.1) is 12.0 Å². The largest absolute Gasteiger partial charge is 0.497 e. The van der Waals surface area contributed by atoms with E-state index in [1.165, 1.54) is 62.5 Å². The Balaban J connectivity index is 1.51. The number of hydrogen-bond acceptors (Lipinski definition) is 5. The maximum absolute atomic E-state index is 13.2. The summed E-state index contributed by atoms with van der Waals surface area (Å²) in [4.78, 5) is 17.6. The molecule has 3 rings (SSSR count). The number of aryl methyl sites for hydroxylation is 2. The highest BCUT2D eigenvalue weighted by atomic mass is 32.2. The molecule has 1 aromatic carbocycles. The average Bonchev–Trinajstić information content (AvgIpc) is 3.29. The van der Waals surface area contributed by atoms with Gasteiger partial charge in [0.25, 0.3) is 0 Å². The zero-order valence-electron chi connectivity index (χ0n) is 21.7. The van der Waals surface area contributed by atoms with E-state index in [0.29, 0.717) is 27.7 Å². The number of rotatable bonds is 10. The van der Waals surface area contributed by atoms with Crippen molar-refractivity contribution < 1.29 is 17.9 Å². The third kappa shape index (κ3) is 6.73.